The van der Waals surface area contributed by atoms with Crippen molar-refractivity contribution in [3.05, 3.63) is 0 Å². The van der Waals surface area contributed by atoms with Crippen molar-refractivity contribution in [2.75, 3.05) is 0 Å². The maximum Gasteiger partial charge on any atom is 0.326 e. The van der Waals surface area contributed by atoms with Crippen LogP contribution >= 0.6 is 0 Å². The number of hydrogen-bond donors (Lipinski definition) is 2. The third-order valence-electron chi connectivity index (χ3n) is 3.49. The van der Waals surface area contributed by atoms with E-state index in [1.54, 1.807) is 0 Å². The highest BCUT2D eigenvalue weighted by molar-refractivity contribution is 5.83. The monoisotopic (exact) mass is 285 g/mol. The molecule has 2 N–H and O–H groups in total. The fraction of sp³-hybridized carbons (Fsp3) is 0.875. The van der Waals surface area contributed by atoms with Crippen LogP contribution in [0.4, 0.5) is 0 Å². The van der Waals surface area contributed by atoms with Crippen LogP contribution in [-0.2, 0) is 9.59 Å². The molecule has 0 radical (unpaired) electrons. The predicted octanol–water partition coefficient (Wildman–Crippen LogP) is 3.89. The Hall–Kier alpha value is -1.06. The van der Waals surface area contributed by atoms with Crippen LogP contribution in [0.2, 0.25) is 0 Å². The summed E-state index contributed by atoms with van der Waals surface area (Å²) < 4.78 is 0. The van der Waals surface area contributed by atoms with Crippen molar-refractivity contribution in [1.29, 1.82) is 0 Å². The Labute approximate surface area is 123 Å². The van der Waals surface area contributed by atoms with Gasteiger partial charge in [0.1, 0.15) is 6.04 Å². The Morgan fingerprint density at radius 1 is 0.900 bits per heavy atom. The number of amides is 1. The molecule has 1 unspecified atom stereocenters. The SMILES string of the molecule is CCCCCCCCCC(=O)NC(CCCC)C(=O)O. The number of carboxylic acid groups (broad SMARTS) is 1. The van der Waals surface area contributed by atoms with Gasteiger partial charge in [0, 0.05) is 6.42 Å². The highest BCUT2D eigenvalue weighted by Crippen LogP contribution is 2.09. The lowest BCUT2D eigenvalue weighted by Gasteiger charge is -2.13. The zero-order chi connectivity index (χ0) is 15.2. The first-order chi connectivity index (χ1) is 9.61. The van der Waals surface area contributed by atoms with E-state index in [1.165, 1.54) is 32.1 Å². The van der Waals surface area contributed by atoms with Gasteiger partial charge in [-0.05, 0) is 12.8 Å². The lowest BCUT2D eigenvalue weighted by molar-refractivity contribution is -0.142. The van der Waals surface area contributed by atoms with Crippen molar-refractivity contribution < 1.29 is 14.7 Å². The quantitative estimate of drug-likeness (QED) is 0.505. The molecule has 0 aliphatic heterocycles. The van der Waals surface area contributed by atoms with Gasteiger partial charge in [-0.1, -0.05) is 65.2 Å². The van der Waals surface area contributed by atoms with Crippen molar-refractivity contribution in [1.82, 2.24) is 5.32 Å². The number of rotatable bonds is 13. The van der Waals surface area contributed by atoms with Crippen LogP contribution in [0.5, 0.6) is 0 Å². The number of carbonyl (C=O) groups excluding carboxylic acids is 1. The molecule has 20 heavy (non-hydrogen) atoms. The molecular weight excluding hydrogens is 254 g/mol. The summed E-state index contributed by atoms with van der Waals surface area (Å²) in [5.41, 5.74) is 0. The number of nitrogens with one attached hydrogen (secondary N) is 1. The number of carboxylic acids is 1. The molecule has 4 nitrogen and oxygen atoms in total. The third-order valence-corrected chi connectivity index (χ3v) is 3.49. The van der Waals surface area contributed by atoms with Crippen LogP contribution in [0.15, 0.2) is 0 Å². The Kier molecular flexibility index (Phi) is 12.3. The summed E-state index contributed by atoms with van der Waals surface area (Å²) in [6.07, 6.45) is 10.9. The van der Waals surface area contributed by atoms with E-state index >= 15 is 0 Å². The smallest absolute Gasteiger partial charge is 0.326 e. The molecule has 0 fully saturated rings. The minimum atomic E-state index is -0.925. The van der Waals surface area contributed by atoms with Crippen LogP contribution in [0, 0.1) is 0 Å². The fourth-order valence-corrected chi connectivity index (χ4v) is 2.17. The molecule has 0 aromatic carbocycles. The van der Waals surface area contributed by atoms with Crippen molar-refractivity contribution in [2.45, 2.75) is 90.5 Å². The van der Waals surface area contributed by atoms with Gasteiger partial charge in [0.05, 0.1) is 0 Å². The zero-order valence-electron chi connectivity index (χ0n) is 13.1. The average Bonchev–Trinajstić information content (AvgIpc) is 2.42. The summed E-state index contributed by atoms with van der Waals surface area (Å²) in [5, 5.41) is 11.7. The maximum atomic E-state index is 11.7. The molecule has 1 atom stereocenters. The summed E-state index contributed by atoms with van der Waals surface area (Å²) in [6, 6.07) is -0.716. The van der Waals surface area contributed by atoms with Crippen LogP contribution < -0.4 is 5.32 Å². The molecule has 0 bridgehead atoms. The highest BCUT2D eigenvalue weighted by atomic mass is 16.4. The van der Waals surface area contributed by atoms with Crippen LogP contribution in [0.1, 0.15) is 84.5 Å². The summed E-state index contributed by atoms with van der Waals surface area (Å²) in [5.74, 6) is -1.05. The number of aliphatic carboxylic acids is 1. The van der Waals surface area contributed by atoms with E-state index < -0.39 is 12.0 Å². The highest BCUT2D eigenvalue weighted by Gasteiger charge is 2.18. The van der Waals surface area contributed by atoms with Gasteiger partial charge in [-0.3, -0.25) is 4.79 Å². The van der Waals surface area contributed by atoms with Crippen LogP contribution in [0.3, 0.4) is 0 Å². The van der Waals surface area contributed by atoms with Crippen molar-refractivity contribution in [3.8, 4) is 0 Å². The molecule has 0 aliphatic carbocycles. The molecule has 0 rings (SSSR count). The number of carbonyl (C=O) groups is 2. The van der Waals surface area contributed by atoms with Crippen LogP contribution in [0.25, 0.3) is 0 Å². The largest absolute Gasteiger partial charge is 0.480 e. The minimum Gasteiger partial charge on any atom is -0.480 e. The second-order valence-corrected chi connectivity index (χ2v) is 5.47. The first kappa shape index (κ1) is 18.9. The predicted molar refractivity (Wildman–Crippen MR) is 81.7 cm³/mol. The Morgan fingerprint density at radius 2 is 1.45 bits per heavy atom. The van der Waals surface area contributed by atoms with E-state index in [0.29, 0.717) is 12.8 Å². The molecule has 0 saturated carbocycles. The number of hydrogen-bond acceptors (Lipinski definition) is 2. The number of unbranched alkanes of at least 4 members (excludes halogenated alkanes) is 7. The summed E-state index contributed by atoms with van der Waals surface area (Å²) in [6.45, 7) is 4.21. The Balaban J connectivity index is 3.66. The van der Waals surface area contributed by atoms with Crippen molar-refractivity contribution in [3.63, 3.8) is 0 Å². The van der Waals surface area contributed by atoms with Crippen molar-refractivity contribution in [2.24, 2.45) is 0 Å². The molecule has 0 spiro atoms. The standard InChI is InChI=1S/C16H31NO3/c1-3-5-7-8-9-10-11-13-15(18)17-14(16(19)20)12-6-4-2/h14H,3-13H2,1-2H3,(H,17,18)(H,19,20). The molecule has 0 aromatic rings. The van der Waals surface area contributed by atoms with Gasteiger partial charge in [-0.2, -0.15) is 0 Å². The van der Waals surface area contributed by atoms with Gasteiger partial charge in [0.25, 0.3) is 0 Å². The zero-order valence-corrected chi connectivity index (χ0v) is 13.1. The second kappa shape index (κ2) is 12.9. The lowest BCUT2D eigenvalue weighted by atomic mass is 10.1. The van der Waals surface area contributed by atoms with Gasteiger partial charge in [-0.25, -0.2) is 4.79 Å². The molecule has 118 valence electrons. The van der Waals surface area contributed by atoms with E-state index in [9.17, 15) is 9.59 Å². The van der Waals surface area contributed by atoms with E-state index in [2.05, 4.69) is 12.2 Å². The maximum absolute atomic E-state index is 11.7. The molecule has 0 saturated heterocycles. The van der Waals surface area contributed by atoms with Gasteiger partial charge >= 0.3 is 5.97 Å². The normalized spacial score (nSPS) is 12.1. The third kappa shape index (κ3) is 10.8. The minimum absolute atomic E-state index is 0.123. The molecule has 1 amide bonds. The van der Waals surface area contributed by atoms with Gasteiger partial charge in [0.2, 0.25) is 5.91 Å². The van der Waals surface area contributed by atoms with Gasteiger partial charge in [0.15, 0.2) is 0 Å². The van der Waals surface area contributed by atoms with E-state index in [4.69, 9.17) is 5.11 Å². The van der Waals surface area contributed by atoms with Crippen molar-refractivity contribution >= 4 is 11.9 Å². The topological polar surface area (TPSA) is 66.4 Å². The molecule has 0 heterocycles. The Bertz CT molecular complexity index is 266. The molecule has 4 heteroatoms. The molecule has 0 aliphatic rings. The fourth-order valence-electron chi connectivity index (χ4n) is 2.17. The van der Waals surface area contributed by atoms with E-state index in [1.807, 2.05) is 6.92 Å². The first-order valence-corrected chi connectivity index (χ1v) is 8.14. The van der Waals surface area contributed by atoms with E-state index in [-0.39, 0.29) is 5.91 Å². The average molecular weight is 285 g/mol. The summed E-state index contributed by atoms with van der Waals surface area (Å²) in [7, 11) is 0. The first-order valence-electron chi connectivity index (χ1n) is 8.14. The summed E-state index contributed by atoms with van der Waals surface area (Å²) >= 11 is 0. The Morgan fingerprint density at radius 3 is 2.00 bits per heavy atom. The van der Waals surface area contributed by atoms with Gasteiger partial charge < -0.3 is 10.4 Å². The lowest BCUT2D eigenvalue weighted by Crippen LogP contribution is -2.40. The molecular formula is C16H31NO3. The summed E-state index contributed by atoms with van der Waals surface area (Å²) in [4.78, 5) is 22.7. The van der Waals surface area contributed by atoms with Crippen LogP contribution in [-0.4, -0.2) is 23.0 Å². The second-order valence-electron chi connectivity index (χ2n) is 5.47. The molecule has 0 aromatic heterocycles. The van der Waals surface area contributed by atoms with E-state index in [0.717, 1.165) is 25.7 Å². The van der Waals surface area contributed by atoms with Gasteiger partial charge in [-0.15, -0.1) is 0 Å².